The molecule has 1 aromatic carbocycles. The molecule has 9 heteroatoms. The van der Waals surface area contributed by atoms with Gasteiger partial charge in [-0.25, -0.2) is 4.79 Å². The first-order chi connectivity index (χ1) is 12.5. The minimum absolute atomic E-state index is 0.0881. The number of nitrogens with zero attached hydrogens (tertiary/aromatic N) is 1. The van der Waals surface area contributed by atoms with Crippen LogP contribution in [0, 0.1) is 5.92 Å². The van der Waals surface area contributed by atoms with Crippen molar-refractivity contribution in [1.82, 2.24) is 10.2 Å². The number of amides is 3. The lowest BCUT2D eigenvalue weighted by Crippen LogP contribution is -2.46. The van der Waals surface area contributed by atoms with Crippen LogP contribution in [-0.2, 0) is 9.59 Å². The lowest BCUT2D eigenvalue weighted by atomic mass is 9.96. The van der Waals surface area contributed by atoms with Gasteiger partial charge in [-0.05, 0) is 25.0 Å². The number of ether oxygens (including phenoxy) is 2. The molecule has 2 heterocycles. The van der Waals surface area contributed by atoms with Crippen molar-refractivity contribution in [1.29, 1.82) is 0 Å². The Labute approximate surface area is 150 Å². The Morgan fingerprint density at radius 1 is 1.15 bits per heavy atom. The van der Waals surface area contributed by atoms with Crippen LogP contribution in [0.25, 0.3) is 0 Å². The minimum Gasteiger partial charge on any atom is -0.481 e. The number of anilines is 1. The van der Waals surface area contributed by atoms with E-state index in [-0.39, 0.29) is 37.6 Å². The zero-order valence-corrected chi connectivity index (χ0v) is 14.2. The summed E-state index contributed by atoms with van der Waals surface area (Å²) in [5.41, 5.74) is 0.646. The van der Waals surface area contributed by atoms with Crippen molar-refractivity contribution in [2.45, 2.75) is 19.3 Å². The summed E-state index contributed by atoms with van der Waals surface area (Å²) < 4.78 is 10.5. The predicted molar refractivity (Wildman–Crippen MR) is 91.1 cm³/mol. The molecule has 0 aliphatic carbocycles. The zero-order chi connectivity index (χ0) is 18.5. The summed E-state index contributed by atoms with van der Waals surface area (Å²) in [6.45, 7) is 1.19. The second-order valence-electron chi connectivity index (χ2n) is 6.19. The molecule has 0 unspecified atom stereocenters. The molecular formula is C17H21N3O6. The van der Waals surface area contributed by atoms with Crippen LogP contribution in [0.15, 0.2) is 18.2 Å². The van der Waals surface area contributed by atoms with Gasteiger partial charge in [-0.15, -0.1) is 0 Å². The molecule has 3 amide bonds. The highest BCUT2D eigenvalue weighted by atomic mass is 16.7. The van der Waals surface area contributed by atoms with Gasteiger partial charge in [0.15, 0.2) is 11.5 Å². The van der Waals surface area contributed by atoms with E-state index in [1.54, 1.807) is 23.1 Å². The van der Waals surface area contributed by atoms with Crippen LogP contribution in [0.4, 0.5) is 10.5 Å². The van der Waals surface area contributed by atoms with Crippen molar-refractivity contribution in [2.75, 3.05) is 31.7 Å². The van der Waals surface area contributed by atoms with Crippen molar-refractivity contribution < 1.29 is 29.0 Å². The number of carbonyl (C=O) groups excluding carboxylic acids is 2. The van der Waals surface area contributed by atoms with Gasteiger partial charge in [0.25, 0.3) is 0 Å². The first-order valence-corrected chi connectivity index (χ1v) is 8.48. The van der Waals surface area contributed by atoms with E-state index in [0.29, 0.717) is 43.1 Å². The minimum atomic E-state index is -0.954. The second kappa shape index (κ2) is 7.94. The van der Waals surface area contributed by atoms with E-state index in [4.69, 9.17) is 14.6 Å². The Morgan fingerprint density at radius 2 is 1.88 bits per heavy atom. The number of nitrogens with one attached hydrogen (secondary N) is 2. The maximum Gasteiger partial charge on any atom is 0.317 e. The molecule has 1 fully saturated rings. The molecule has 0 bridgehead atoms. The summed E-state index contributed by atoms with van der Waals surface area (Å²) in [6, 6.07) is 4.95. The fraction of sp³-hybridized carbons (Fsp3) is 0.471. The summed E-state index contributed by atoms with van der Waals surface area (Å²) >= 11 is 0. The van der Waals surface area contributed by atoms with Gasteiger partial charge in [0.05, 0.1) is 6.42 Å². The van der Waals surface area contributed by atoms with Crippen LogP contribution in [0.2, 0.25) is 0 Å². The van der Waals surface area contributed by atoms with Gasteiger partial charge in [0.1, 0.15) is 0 Å². The maximum absolute atomic E-state index is 12.4. The van der Waals surface area contributed by atoms with Gasteiger partial charge >= 0.3 is 12.0 Å². The molecule has 1 aromatic rings. The third-order valence-corrected chi connectivity index (χ3v) is 4.41. The number of carboxylic acid groups (broad SMARTS) is 1. The lowest BCUT2D eigenvalue weighted by Gasteiger charge is -2.31. The predicted octanol–water partition coefficient (Wildman–Crippen LogP) is 1.25. The van der Waals surface area contributed by atoms with Crippen molar-refractivity contribution in [3.63, 3.8) is 0 Å². The third kappa shape index (κ3) is 4.35. The molecule has 9 nitrogen and oxygen atoms in total. The fourth-order valence-corrected chi connectivity index (χ4v) is 2.95. The number of piperidine rings is 1. The number of carboxylic acids is 1. The number of carbonyl (C=O) groups is 3. The van der Waals surface area contributed by atoms with E-state index in [9.17, 15) is 14.4 Å². The van der Waals surface area contributed by atoms with E-state index >= 15 is 0 Å². The van der Waals surface area contributed by atoms with Crippen molar-refractivity contribution in [3.8, 4) is 11.5 Å². The average molecular weight is 363 g/mol. The first-order valence-electron chi connectivity index (χ1n) is 8.48. The first kappa shape index (κ1) is 17.8. The van der Waals surface area contributed by atoms with Gasteiger partial charge in [0.2, 0.25) is 12.7 Å². The molecule has 0 saturated carbocycles. The van der Waals surface area contributed by atoms with E-state index in [1.165, 1.54) is 0 Å². The topological polar surface area (TPSA) is 117 Å². The molecule has 3 N–H and O–H groups in total. The molecule has 26 heavy (non-hydrogen) atoms. The van der Waals surface area contributed by atoms with Gasteiger partial charge in [-0.2, -0.15) is 0 Å². The third-order valence-electron chi connectivity index (χ3n) is 4.41. The lowest BCUT2D eigenvalue weighted by molar-refractivity contribution is -0.136. The molecule has 0 radical (unpaired) electrons. The summed E-state index contributed by atoms with van der Waals surface area (Å²) in [5.74, 6) is 0.0448. The van der Waals surface area contributed by atoms with Crippen molar-refractivity contribution in [3.05, 3.63) is 18.2 Å². The highest BCUT2D eigenvalue weighted by molar-refractivity contribution is 5.93. The number of likely N-dealkylation sites (tertiary alicyclic amines) is 1. The average Bonchev–Trinajstić information content (AvgIpc) is 3.09. The molecule has 1 saturated heterocycles. The van der Waals surface area contributed by atoms with E-state index in [2.05, 4.69) is 10.6 Å². The Balaban J connectivity index is 1.45. The summed E-state index contributed by atoms with van der Waals surface area (Å²) in [4.78, 5) is 36.4. The highest BCUT2D eigenvalue weighted by Crippen LogP contribution is 2.34. The normalized spacial score (nSPS) is 16.2. The van der Waals surface area contributed by atoms with Gasteiger partial charge in [-0.3, -0.25) is 9.59 Å². The summed E-state index contributed by atoms with van der Waals surface area (Å²) in [6.07, 6.45) is 1.01. The molecule has 0 aromatic heterocycles. The SMILES string of the molecule is O=C(O)CCNC(=O)N1CCC(C(=O)Nc2ccc3c(c2)OCO3)CC1. The van der Waals surface area contributed by atoms with E-state index in [1.807, 2.05) is 0 Å². The smallest absolute Gasteiger partial charge is 0.317 e. The van der Waals surface area contributed by atoms with Crippen LogP contribution in [0.3, 0.4) is 0 Å². The summed E-state index contributed by atoms with van der Waals surface area (Å²) in [7, 11) is 0. The molecule has 0 spiro atoms. The molecule has 140 valence electrons. The molecule has 0 atom stereocenters. The quantitative estimate of drug-likeness (QED) is 0.725. The Kier molecular flexibility index (Phi) is 5.45. The van der Waals surface area contributed by atoms with E-state index < -0.39 is 5.97 Å². The number of rotatable bonds is 5. The van der Waals surface area contributed by atoms with Crippen LogP contribution < -0.4 is 20.1 Å². The van der Waals surface area contributed by atoms with Crippen LogP contribution in [0.5, 0.6) is 11.5 Å². The molecule has 2 aliphatic rings. The monoisotopic (exact) mass is 363 g/mol. The molecule has 2 aliphatic heterocycles. The highest BCUT2D eigenvalue weighted by Gasteiger charge is 2.27. The largest absolute Gasteiger partial charge is 0.481 e. The van der Waals surface area contributed by atoms with Crippen molar-refractivity contribution in [2.24, 2.45) is 5.92 Å². The Morgan fingerprint density at radius 3 is 2.62 bits per heavy atom. The number of hydrogen-bond acceptors (Lipinski definition) is 5. The number of hydrogen-bond donors (Lipinski definition) is 3. The maximum atomic E-state index is 12.4. The Bertz CT molecular complexity index is 700. The number of urea groups is 1. The number of benzene rings is 1. The van der Waals surface area contributed by atoms with Crippen LogP contribution >= 0.6 is 0 Å². The number of fused-ring (bicyclic) bond motifs is 1. The summed E-state index contributed by atoms with van der Waals surface area (Å²) in [5, 5.41) is 14.0. The molecule has 3 rings (SSSR count). The standard InChI is InChI=1S/C17H21N3O6/c21-15(22)3-6-18-17(24)20-7-4-11(5-8-20)16(23)19-12-1-2-13-14(9-12)26-10-25-13/h1-2,9,11H,3-8,10H2,(H,18,24)(H,19,23)(H,21,22). The fourth-order valence-electron chi connectivity index (χ4n) is 2.95. The van der Waals surface area contributed by atoms with Gasteiger partial charge < -0.3 is 30.1 Å². The van der Waals surface area contributed by atoms with Crippen molar-refractivity contribution >= 4 is 23.6 Å². The Hall–Kier alpha value is -2.97. The van der Waals surface area contributed by atoms with E-state index in [0.717, 1.165) is 0 Å². The second-order valence-corrected chi connectivity index (χ2v) is 6.19. The zero-order valence-electron chi connectivity index (χ0n) is 14.2. The van der Waals surface area contributed by atoms with Crippen LogP contribution in [0.1, 0.15) is 19.3 Å². The number of aliphatic carboxylic acids is 1. The van der Waals surface area contributed by atoms with Gasteiger partial charge in [0, 0.05) is 37.3 Å². The van der Waals surface area contributed by atoms with Gasteiger partial charge in [-0.1, -0.05) is 0 Å². The molecular weight excluding hydrogens is 342 g/mol. The van der Waals surface area contributed by atoms with Crippen LogP contribution in [-0.4, -0.2) is 54.3 Å².